The van der Waals surface area contributed by atoms with Crippen LogP contribution in [0.5, 0.6) is 0 Å². The van der Waals surface area contributed by atoms with Gasteiger partial charge in [0.15, 0.2) is 0 Å². The van der Waals surface area contributed by atoms with E-state index in [-0.39, 0.29) is 11.9 Å². The van der Waals surface area contributed by atoms with Crippen LogP contribution in [0.1, 0.15) is 23.8 Å². The normalized spacial score (nSPS) is 18.1. The van der Waals surface area contributed by atoms with E-state index >= 15 is 0 Å². The Bertz CT molecular complexity index is 513. The molecule has 2 heterocycles. The van der Waals surface area contributed by atoms with Gasteiger partial charge in [0.05, 0.1) is 25.0 Å². The van der Waals surface area contributed by atoms with Crippen LogP contribution in [0.15, 0.2) is 6.20 Å². The molecule has 1 fully saturated rings. The zero-order chi connectivity index (χ0) is 14.7. The van der Waals surface area contributed by atoms with Gasteiger partial charge in [0, 0.05) is 19.6 Å². The van der Waals surface area contributed by atoms with Gasteiger partial charge in [0.25, 0.3) is 5.91 Å². The van der Waals surface area contributed by atoms with E-state index in [9.17, 15) is 9.59 Å². The average Bonchev–Trinajstić information content (AvgIpc) is 3.04. The van der Waals surface area contributed by atoms with Crippen LogP contribution in [0, 0.1) is 0 Å². The highest BCUT2D eigenvalue weighted by atomic mass is 16.5. The SMILES string of the molecule is CCn1ncc(N)c1C(=O)N1CCC(NC(=O)OC)C1. The molecule has 1 aromatic rings. The molecule has 0 spiro atoms. The van der Waals surface area contributed by atoms with Gasteiger partial charge in [-0.3, -0.25) is 9.48 Å². The summed E-state index contributed by atoms with van der Waals surface area (Å²) in [5, 5.41) is 6.75. The first kappa shape index (κ1) is 14.2. The predicted molar refractivity (Wildman–Crippen MR) is 72.2 cm³/mol. The minimum Gasteiger partial charge on any atom is -0.453 e. The molecule has 0 aliphatic carbocycles. The molecule has 2 rings (SSSR count). The summed E-state index contributed by atoms with van der Waals surface area (Å²) in [6.45, 7) is 3.49. The minimum atomic E-state index is -0.484. The van der Waals surface area contributed by atoms with Crippen molar-refractivity contribution in [2.24, 2.45) is 0 Å². The Kier molecular flexibility index (Phi) is 4.11. The second-order valence-corrected chi connectivity index (χ2v) is 4.64. The molecule has 0 bridgehead atoms. The van der Waals surface area contributed by atoms with Gasteiger partial charge in [-0.2, -0.15) is 5.10 Å². The molecule has 0 aromatic carbocycles. The maximum Gasteiger partial charge on any atom is 0.407 e. The number of alkyl carbamates (subject to hydrolysis) is 1. The molecule has 3 N–H and O–H groups in total. The molecule has 20 heavy (non-hydrogen) atoms. The largest absolute Gasteiger partial charge is 0.453 e. The molecular formula is C12H19N5O3. The van der Waals surface area contributed by atoms with E-state index in [2.05, 4.69) is 15.2 Å². The Balaban J connectivity index is 2.04. The van der Waals surface area contributed by atoms with E-state index in [0.717, 1.165) is 0 Å². The van der Waals surface area contributed by atoms with Crippen LogP contribution in [0.2, 0.25) is 0 Å². The lowest BCUT2D eigenvalue weighted by Gasteiger charge is -2.17. The van der Waals surface area contributed by atoms with Crippen molar-refractivity contribution in [2.45, 2.75) is 25.9 Å². The lowest BCUT2D eigenvalue weighted by Crippen LogP contribution is -2.38. The summed E-state index contributed by atoms with van der Waals surface area (Å²) in [5.74, 6) is -0.156. The number of aryl methyl sites for hydroxylation is 1. The molecule has 1 unspecified atom stereocenters. The van der Waals surface area contributed by atoms with Crippen LogP contribution >= 0.6 is 0 Å². The number of carbonyl (C=O) groups excluding carboxylic acids is 2. The van der Waals surface area contributed by atoms with E-state index in [1.54, 1.807) is 9.58 Å². The quantitative estimate of drug-likeness (QED) is 0.815. The summed E-state index contributed by atoms with van der Waals surface area (Å²) >= 11 is 0. The molecular weight excluding hydrogens is 262 g/mol. The number of likely N-dealkylation sites (tertiary alicyclic amines) is 1. The van der Waals surface area contributed by atoms with Gasteiger partial charge in [0.1, 0.15) is 5.69 Å². The first-order valence-corrected chi connectivity index (χ1v) is 6.51. The number of anilines is 1. The molecule has 1 aliphatic heterocycles. The van der Waals surface area contributed by atoms with Crippen LogP contribution in [0.25, 0.3) is 0 Å². The smallest absolute Gasteiger partial charge is 0.407 e. The molecule has 8 nitrogen and oxygen atoms in total. The number of aromatic nitrogens is 2. The van der Waals surface area contributed by atoms with Crippen LogP contribution in [0.4, 0.5) is 10.5 Å². The molecule has 1 atom stereocenters. The highest BCUT2D eigenvalue weighted by Crippen LogP contribution is 2.18. The number of hydrogen-bond donors (Lipinski definition) is 2. The Hall–Kier alpha value is -2.25. The summed E-state index contributed by atoms with van der Waals surface area (Å²) in [4.78, 5) is 25.3. The van der Waals surface area contributed by atoms with Crippen molar-refractivity contribution in [2.75, 3.05) is 25.9 Å². The average molecular weight is 281 g/mol. The van der Waals surface area contributed by atoms with Crippen molar-refractivity contribution in [3.63, 3.8) is 0 Å². The van der Waals surface area contributed by atoms with E-state index < -0.39 is 6.09 Å². The summed E-state index contributed by atoms with van der Waals surface area (Å²) in [7, 11) is 1.31. The lowest BCUT2D eigenvalue weighted by atomic mass is 10.3. The zero-order valence-corrected chi connectivity index (χ0v) is 11.6. The van der Waals surface area contributed by atoms with Crippen molar-refractivity contribution in [3.05, 3.63) is 11.9 Å². The monoisotopic (exact) mass is 281 g/mol. The first-order chi connectivity index (χ1) is 9.56. The molecule has 110 valence electrons. The number of nitrogens with two attached hydrogens (primary N) is 1. The molecule has 0 radical (unpaired) electrons. The standard InChI is InChI=1S/C12H19N5O3/c1-3-17-10(9(13)6-14-17)11(18)16-5-4-8(7-16)15-12(19)20-2/h6,8H,3-5,7,13H2,1-2H3,(H,15,19). The van der Waals surface area contributed by atoms with E-state index in [1.807, 2.05) is 6.92 Å². The fraction of sp³-hybridized carbons (Fsp3) is 0.583. The molecule has 8 heteroatoms. The van der Waals surface area contributed by atoms with Crippen LogP contribution in [-0.2, 0) is 11.3 Å². The molecule has 1 aromatic heterocycles. The number of ether oxygens (including phenoxy) is 1. The molecule has 2 amide bonds. The minimum absolute atomic E-state index is 0.0920. The number of hydrogen-bond acceptors (Lipinski definition) is 5. The number of rotatable bonds is 3. The Morgan fingerprint density at radius 3 is 3.00 bits per heavy atom. The first-order valence-electron chi connectivity index (χ1n) is 6.51. The number of nitrogens with zero attached hydrogens (tertiary/aromatic N) is 3. The maximum atomic E-state index is 12.5. The highest BCUT2D eigenvalue weighted by Gasteiger charge is 2.30. The van der Waals surface area contributed by atoms with E-state index in [4.69, 9.17) is 5.73 Å². The summed E-state index contributed by atoms with van der Waals surface area (Å²) in [6, 6.07) is -0.0920. The Morgan fingerprint density at radius 2 is 2.35 bits per heavy atom. The summed E-state index contributed by atoms with van der Waals surface area (Å²) in [5.41, 5.74) is 6.59. The van der Waals surface area contributed by atoms with E-state index in [1.165, 1.54) is 13.3 Å². The van der Waals surface area contributed by atoms with Gasteiger partial charge in [-0.15, -0.1) is 0 Å². The lowest BCUT2D eigenvalue weighted by molar-refractivity contribution is 0.0777. The third-order valence-electron chi connectivity index (χ3n) is 3.35. The number of carbonyl (C=O) groups is 2. The van der Waals surface area contributed by atoms with Crippen LogP contribution < -0.4 is 11.1 Å². The van der Waals surface area contributed by atoms with Crippen LogP contribution in [0.3, 0.4) is 0 Å². The number of methoxy groups -OCH3 is 1. The fourth-order valence-corrected chi connectivity index (χ4v) is 2.31. The predicted octanol–water partition coefficient (Wildman–Crippen LogP) is 0.0557. The van der Waals surface area contributed by atoms with Crippen molar-refractivity contribution >= 4 is 17.7 Å². The van der Waals surface area contributed by atoms with Gasteiger partial charge in [-0.1, -0.05) is 0 Å². The third-order valence-corrected chi connectivity index (χ3v) is 3.35. The second kappa shape index (κ2) is 5.81. The second-order valence-electron chi connectivity index (χ2n) is 4.64. The summed E-state index contributed by atoms with van der Waals surface area (Å²) < 4.78 is 6.13. The fourth-order valence-electron chi connectivity index (χ4n) is 2.31. The van der Waals surface area contributed by atoms with Gasteiger partial charge in [0.2, 0.25) is 0 Å². The highest BCUT2D eigenvalue weighted by molar-refractivity contribution is 5.97. The van der Waals surface area contributed by atoms with Crippen molar-refractivity contribution in [3.8, 4) is 0 Å². The van der Waals surface area contributed by atoms with Gasteiger partial charge in [-0.25, -0.2) is 4.79 Å². The number of nitrogen functional groups attached to an aromatic ring is 1. The number of amides is 2. The zero-order valence-electron chi connectivity index (χ0n) is 11.6. The molecule has 1 saturated heterocycles. The molecule has 1 aliphatic rings. The Labute approximate surface area is 116 Å². The van der Waals surface area contributed by atoms with Gasteiger partial charge < -0.3 is 20.7 Å². The third kappa shape index (κ3) is 2.68. The maximum absolute atomic E-state index is 12.5. The Morgan fingerprint density at radius 1 is 1.60 bits per heavy atom. The van der Waals surface area contributed by atoms with E-state index in [0.29, 0.717) is 37.4 Å². The molecule has 0 saturated carbocycles. The summed E-state index contributed by atoms with van der Waals surface area (Å²) in [6.07, 6.45) is 1.69. The topological polar surface area (TPSA) is 102 Å². The van der Waals surface area contributed by atoms with Crippen molar-refractivity contribution in [1.29, 1.82) is 0 Å². The van der Waals surface area contributed by atoms with Gasteiger partial charge >= 0.3 is 6.09 Å². The van der Waals surface area contributed by atoms with Gasteiger partial charge in [-0.05, 0) is 13.3 Å². The van der Waals surface area contributed by atoms with Crippen LogP contribution in [-0.4, -0.2) is 52.9 Å². The number of nitrogens with one attached hydrogen (secondary N) is 1. The van der Waals surface area contributed by atoms with Crippen molar-refractivity contribution in [1.82, 2.24) is 20.0 Å². The van der Waals surface area contributed by atoms with Crippen molar-refractivity contribution < 1.29 is 14.3 Å².